The van der Waals surface area contributed by atoms with Gasteiger partial charge in [0.25, 0.3) is 5.91 Å². The predicted molar refractivity (Wildman–Crippen MR) is 89.5 cm³/mol. The monoisotopic (exact) mass is 352 g/mol. The van der Waals surface area contributed by atoms with Crippen molar-refractivity contribution in [3.8, 4) is 0 Å². The van der Waals surface area contributed by atoms with Crippen molar-refractivity contribution in [2.45, 2.75) is 39.4 Å². The fourth-order valence-electron chi connectivity index (χ4n) is 2.04. The van der Waals surface area contributed by atoms with Gasteiger partial charge in [-0.05, 0) is 52.0 Å². The number of aryl methyl sites for hydroxylation is 1. The highest BCUT2D eigenvalue weighted by molar-refractivity contribution is 6.03. The van der Waals surface area contributed by atoms with Gasteiger partial charge in [0.1, 0.15) is 5.69 Å². The van der Waals surface area contributed by atoms with Gasteiger partial charge < -0.3 is 10.6 Å². The SMILES string of the molecule is Cc1cc(C(=O)Nc2cccc(C(F)(F)F)c2)nc(NC(C)(C)C)n1. The number of carbonyl (C=O) groups excluding carboxylic acids is 1. The lowest BCUT2D eigenvalue weighted by molar-refractivity contribution is -0.137. The van der Waals surface area contributed by atoms with Crippen molar-refractivity contribution < 1.29 is 18.0 Å². The number of halogens is 3. The van der Waals surface area contributed by atoms with E-state index < -0.39 is 17.6 Å². The van der Waals surface area contributed by atoms with Gasteiger partial charge in [-0.3, -0.25) is 4.79 Å². The minimum atomic E-state index is -4.48. The molecule has 2 rings (SSSR count). The lowest BCUT2D eigenvalue weighted by Gasteiger charge is -2.20. The summed E-state index contributed by atoms with van der Waals surface area (Å²) in [5.41, 5.74) is -0.462. The lowest BCUT2D eigenvalue weighted by atomic mass is 10.1. The number of aromatic nitrogens is 2. The van der Waals surface area contributed by atoms with Crippen LogP contribution in [0.25, 0.3) is 0 Å². The van der Waals surface area contributed by atoms with Crippen LogP contribution >= 0.6 is 0 Å². The van der Waals surface area contributed by atoms with Gasteiger partial charge in [-0.15, -0.1) is 0 Å². The molecule has 1 aromatic heterocycles. The molecule has 0 aliphatic heterocycles. The average Bonchev–Trinajstić information content (AvgIpc) is 2.44. The zero-order valence-corrected chi connectivity index (χ0v) is 14.3. The summed E-state index contributed by atoms with van der Waals surface area (Å²) in [6.45, 7) is 7.46. The first-order valence-corrected chi connectivity index (χ1v) is 7.56. The first-order valence-electron chi connectivity index (χ1n) is 7.56. The molecule has 0 spiro atoms. The van der Waals surface area contributed by atoms with Crippen LogP contribution in [0.15, 0.2) is 30.3 Å². The van der Waals surface area contributed by atoms with Crippen LogP contribution < -0.4 is 10.6 Å². The van der Waals surface area contributed by atoms with E-state index in [-0.39, 0.29) is 22.9 Å². The minimum absolute atomic E-state index is 0.0430. The lowest BCUT2D eigenvalue weighted by Crippen LogP contribution is -2.28. The molecule has 1 amide bonds. The van der Waals surface area contributed by atoms with Crippen molar-refractivity contribution in [1.82, 2.24) is 9.97 Å². The Morgan fingerprint density at radius 1 is 1.08 bits per heavy atom. The van der Waals surface area contributed by atoms with Gasteiger partial charge in [-0.2, -0.15) is 13.2 Å². The first-order chi connectivity index (χ1) is 11.4. The highest BCUT2D eigenvalue weighted by Gasteiger charge is 2.30. The van der Waals surface area contributed by atoms with Crippen LogP contribution in [0.4, 0.5) is 24.8 Å². The highest BCUT2D eigenvalue weighted by atomic mass is 19.4. The fraction of sp³-hybridized carbons (Fsp3) is 0.353. The number of nitrogens with zero attached hydrogens (tertiary/aromatic N) is 2. The van der Waals surface area contributed by atoms with Gasteiger partial charge in [0.05, 0.1) is 5.56 Å². The van der Waals surface area contributed by atoms with Crippen molar-refractivity contribution >= 4 is 17.5 Å². The maximum atomic E-state index is 12.8. The Bertz CT molecular complexity index is 782. The Morgan fingerprint density at radius 3 is 2.36 bits per heavy atom. The second-order valence-corrected chi connectivity index (χ2v) is 6.63. The van der Waals surface area contributed by atoms with Crippen LogP contribution in [0.2, 0.25) is 0 Å². The standard InChI is InChI=1S/C17H19F3N4O/c1-10-8-13(23-15(21-10)24-16(2,3)4)14(25)22-12-7-5-6-11(9-12)17(18,19)20/h5-9H,1-4H3,(H,22,25)(H,21,23,24). The maximum Gasteiger partial charge on any atom is 0.416 e. The van der Waals surface area contributed by atoms with Crippen molar-refractivity contribution in [1.29, 1.82) is 0 Å². The van der Waals surface area contributed by atoms with Crippen LogP contribution in [-0.4, -0.2) is 21.4 Å². The molecular formula is C17H19F3N4O. The van der Waals surface area contributed by atoms with Gasteiger partial charge in [-0.25, -0.2) is 9.97 Å². The van der Waals surface area contributed by atoms with Crippen molar-refractivity contribution in [2.24, 2.45) is 0 Å². The van der Waals surface area contributed by atoms with E-state index in [1.54, 1.807) is 6.92 Å². The Hall–Kier alpha value is -2.64. The number of nitrogens with one attached hydrogen (secondary N) is 2. The zero-order chi connectivity index (χ0) is 18.8. The smallest absolute Gasteiger partial charge is 0.350 e. The number of amides is 1. The van der Waals surface area contributed by atoms with Crippen molar-refractivity contribution in [2.75, 3.05) is 10.6 Å². The van der Waals surface area contributed by atoms with E-state index in [2.05, 4.69) is 20.6 Å². The maximum absolute atomic E-state index is 12.8. The number of hydrogen-bond acceptors (Lipinski definition) is 4. The van der Waals surface area contributed by atoms with E-state index >= 15 is 0 Å². The molecule has 0 atom stereocenters. The Balaban J connectivity index is 2.24. The normalized spacial score (nSPS) is 12.0. The third-order valence-corrected chi connectivity index (χ3v) is 3.02. The molecule has 0 saturated heterocycles. The molecule has 0 radical (unpaired) electrons. The molecule has 2 aromatic rings. The molecule has 0 fully saturated rings. The highest BCUT2D eigenvalue weighted by Crippen LogP contribution is 2.30. The summed E-state index contributed by atoms with van der Waals surface area (Å²) in [5, 5.41) is 5.49. The molecule has 0 bridgehead atoms. The van der Waals surface area contributed by atoms with Crippen LogP contribution in [0.1, 0.15) is 42.5 Å². The molecule has 8 heteroatoms. The zero-order valence-electron chi connectivity index (χ0n) is 14.3. The van der Waals surface area contributed by atoms with E-state index in [1.807, 2.05) is 20.8 Å². The first kappa shape index (κ1) is 18.7. The third kappa shape index (κ3) is 5.44. The summed E-state index contributed by atoms with van der Waals surface area (Å²) in [7, 11) is 0. The third-order valence-electron chi connectivity index (χ3n) is 3.02. The molecule has 25 heavy (non-hydrogen) atoms. The summed E-state index contributed by atoms with van der Waals surface area (Å²) < 4.78 is 38.3. The summed E-state index contributed by atoms with van der Waals surface area (Å²) in [6, 6.07) is 5.90. The number of benzene rings is 1. The van der Waals surface area contributed by atoms with E-state index in [0.29, 0.717) is 5.69 Å². The van der Waals surface area contributed by atoms with Gasteiger partial charge in [0.15, 0.2) is 0 Å². The van der Waals surface area contributed by atoms with Gasteiger partial charge in [0.2, 0.25) is 5.95 Å². The summed E-state index contributed by atoms with van der Waals surface area (Å²) >= 11 is 0. The summed E-state index contributed by atoms with van der Waals surface area (Å²) in [6.07, 6.45) is -4.48. The van der Waals surface area contributed by atoms with Crippen LogP contribution in [0.3, 0.4) is 0 Å². The molecule has 2 N–H and O–H groups in total. The second kappa shape index (κ2) is 6.70. The van der Waals surface area contributed by atoms with E-state index in [4.69, 9.17) is 0 Å². The molecule has 1 aromatic carbocycles. The van der Waals surface area contributed by atoms with Gasteiger partial charge in [0, 0.05) is 16.9 Å². The van der Waals surface area contributed by atoms with Crippen LogP contribution in [-0.2, 0) is 6.18 Å². The van der Waals surface area contributed by atoms with Gasteiger partial charge in [-0.1, -0.05) is 6.07 Å². The van der Waals surface area contributed by atoms with E-state index in [0.717, 1.165) is 12.1 Å². The molecule has 5 nitrogen and oxygen atoms in total. The quantitative estimate of drug-likeness (QED) is 0.866. The topological polar surface area (TPSA) is 66.9 Å². The Morgan fingerprint density at radius 2 is 1.76 bits per heavy atom. The number of anilines is 2. The van der Waals surface area contributed by atoms with E-state index in [1.165, 1.54) is 18.2 Å². The van der Waals surface area contributed by atoms with Crippen LogP contribution in [0.5, 0.6) is 0 Å². The molecular weight excluding hydrogens is 333 g/mol. The fourth-order valence-corrected chi connectivity index (χ4v) is 2.04. The largest absolute Gasteiger partial charge is 0.416 e. The molecule has 0 aliphatic carbocycles. The molecule has 1 heterocycles. The summed E-state index contributed by atoms with van der Waals surface area (Å²) in [4.78, 5) is 20.7. The summed E-state index contributed by atoms with van der Waals surface area (Å²) in [5.74, 6) is -0.330. The Labute approximate surface area is 143 Å². The molecule has 0 aliphatic rings. The number of rotatable bonds is 3. The van der Waals surface area contributed by atoms with Crippen molar-refractivity contribution in [3.05, 3.63) is 47.3 Å². The Kier molecular flexibility index (Phi) is 5.01. The molecule has 0 unspecified atom stereocenters. The second-order valence-electron chi connectivity index (χ2n) is 6.63. The minimum Gasteiger partial charge on any atom is -0.350 e. The predicted octanol–water partition coefficient (Wildman–Crippen LogP) is 4.27. The number of alkyl halides is 3. The molecule has 134 valence electrons. The number of hydrogen-bond donors (Lipinski definition) is 2. The molecule has 0 saturated carbocycles. The average molecular weight is 352 g/mol. The van der Waals surface area contributed by atoms with Crippen LogP contribution in [0, 0.1) is 6.92 Å². The van der Waals surface area contributed by atoms with E-state index in [9.17, 15) is 18.0 Å². The van der Waals surface area contributed by atoms with Crippen molar-refractivity contribution in [3.63, 3.8) is 0 Å². The van der Waals surface area contributed by atoms with Gasteiger partial charge >= 0.3 is 6.18 Å². The number of carbonyl (C=O) groups is 1.